The molecule has 0 aliphatic carbocycles. The summed E-state index contributed by atoms with van der Waals surface area (Å²) >= 11 is 6.08. The van der Waals surface area contributed by atoms with Crippen molar-refractivity contribution in [2.24, 2.45) is 0 Å². The number of methoxy groups -OCH3 is 1. The number of hydrogen-bond donors (Lipinski definition) is 1. The van der Waals surface area contributed by atoms with Crippen LogP contribution in [0, 0.1) is 0 Å². The van der Waals surface area contributed by atoms with Gasteiger partial charge in [0.2, 0.25) is 0 Å². The molecule has 31 heavy (non-hydrogen) atoms. The summed E-state index contributed by atoms with van der Waals surface area (Å²) in [5, 5.41) is 3.39. The van der Waals surface area contributed by atoms with Crippen molar-refractivity contribution in [2.75, 3.05) is 47.4 Å². The second-order valence-electron chi connectivity index (χ2n) is 7.34. The molecule has 0 unspecified atom stereocenters. The Labute approximate surface area is 203 Å². The van der Waals surface area contributed by atoms with Gasteiger partial charge in [-0.05, 0) is 70.3 Å². The molecule has 0 bridgehead atoms. The van der Waals surface area contributed by atoms with Crippen molar-refractivity contribution >= 4 is 17.5 Å². The van der Waals surface area contributed by atoms with E-state index < -0.39 is 0 Å². The van der Waals surface area contributed by atoms with Crippen LogP contribution in [-0.2, 0) is 6.54 Å². The maximum atomic E-state index is 12.2. The summed E-state index contributed by atoms with van der Waals surface area (Å²) in [7, 11) is 5.84. The Hall–Kier alpha value is -1.50. The van der Waals surface area contributed by atoms with Crippen LogP contribution >= 0.6 is 11.6 Å². The van der Waals surface area contributed by atoms with Gasteiger partial charge in [0.05, 0.1) is 12.1 Å². The monoisotopic (exact) mass is 487 g/mol. The van der Waals surface area contributed by atoms with Crippen LogP contribution in [0.15, 0.2) is 48.5 Å². The number of carbonyl (C=O) groups is 1. The average Bonchev–Trinajstić information content (AvgIpc) is 2.71. The van der Waals surface area contributed by atoms with E-state index in [1.807, 2.05) is 6.07 Å². The first kappa shape index (κ1) is 29.5. The standard InChI is InChI=1S/C23H32ClN3O2.2ClH/c1-26(15-8-16-27(2)18-19-9-5-4-6-10-19)14-7-13-25-23(28)20-11-12-22(29-3)21(24)17-20;;/h4-6,9-12,17H,7-8,13-16,18H2,1-3H3,(H,25,28);2*1H/p-2. The fourth-order valence-corrected chi connectivity index (χ4v) is 3.41. The number of carbonyl (C=O) groups excluding carboxylic acids is 1. The van der Waals surface area contributed by atoms with E-state index >= 15 is 0 Å². The molecule has 0 spiro atoms. The van der Waals surface area contributed by atoms with Crippen molar-refractivity contribution in [3.63, 3.8) is 0 Å². The molecule has 0 aliphatic rings. The Kier molecular flexibility index (Phi) is 15.4. The Morgan fingerprint density at radius 3 is 2.26 bits per heavy atom. The topological polar surface area (TPSA) is 44.8 Å². The Bertz CT molecular complexity index is 763. The van der Waals surface area contributed by atoms with Crippen LogP contribution in [0.5, 0.6) is 5.75 Å². The molecule has 0 heterocycles. The number of ether oxygens (including phenoxy) is 1. The van der Waals surface area contributed by atoms with Gasteiger partial charge in [0.25, 0.3) is 5.91 Å². The summed E-state index contributed by atoms with van der Waals surface area (Å²) in [6.45, 7) is 4.67. The molecule has 5 nitrogen and oxygen atoms in total. The molecule has 1 amide bonds. The summed E-state index contributed by atoms with van der Waals surface area (Å²) in [4.78, 5) is 16.9. The second-order valence-corrected chi connectivity index (χ2v) is 7.75. The number of nitrogens with one attached hydrogen (secondary N) is 1. The average molecular weight is 489 g/mol. The maximum absolute atomic E-state index is 12.2. The quantitative estimate of drug-likeness (QED) is 0.349. The molecule has 0 atom stereocenters. The summed E-state index contributed by atoms with van der Waals surface area (Å²) in [5.74, 6) is 0.457. The van der Waals surface area contributed by atoms with Gasteiger partial charge in [-0.1, -0.05) is 41.9 Å². The van der Waals surface area contributed by atoms with Gasteiger partial charge in [-0.3, -0.25) is 4.79 Å². The minimum absolute atomic E-state index is 0. The summed E-state index contributed by atoms with van der Waals surface area (Å²) in [6, 6.07) is 15.6. The first-order valence-corrected chi connectivity index (χ1v) is 10.4. The molecule has 0 fully saturated rings. The van der Waals surface area contributed by atoms with Crippen LogP contribution in [0.1, 0.15) is 28.8 Å². The predicted molar refractivity (Wildman–Crippen MR) is 120 cm³/mol. The molecule has 174 valence electrons. The molecule has 2 aromatic rings. The van der Waals surface area contributed by atoms with E-state index in [1.165, 1.54) is 5.56 Å². The lowest BCUT2D eigenvalue weighted by Gasteiger charge is -2.20. The van der Waals surface area contributed by atoms with E-state index in [4.69, 9.17) is 16.3 Å². The molecular formula is C23H32Cl3N3O2-2. The van der Waals surface area contributed by atoms with E-state index in [2.05, 4.69) is 53.5 Å². The second kappa shape index (κ2) is 16.2. The third kappa shape index (κ3) is 11.1. The van der Waals surface area contributed by atoms with Crippen molar-refractivity contribution in [2.45, 2.75) is 19.4 Å². The lowest BCUT2D eigenvalue weighted by molar-refractivity contribution is -0.00100. The summed E-state index contributed by atoms with van der Waals surface area (Å²) in [5.41, 5.74) is 1.89. The number of amides is 1. The van der Waals surface area contributed by atoms with Crippen molar-refractivity contribution in [1.29, 1.82) is 0 Å². The van der Waals surface area contributed by atoms with Crippen LogP contribution in [0.3, 0.4) is 0 Å². The smallest absolute Gasteiger partial charge is 0.251 e. The van der Waals surface area contributed by atoms with Gasteiger partial charge in [-0.2, -0.15) is 0 Å². The molecule has 0 radical (unpaired) electrons. The third-order valence-corrected chi connectivity index (χ3v) is 5.09. The van der Waals surface area contributed by atoms with Crippen LogP contribution in [0.2, 0.25) is 5.02 Å². The highest BCUT2D eigenvalue weighted by atomic mass is 35.5. The van der Waals surface area contributed by atoms with E-state index in [0.29, 0.717) is 22.9 Å². The summed E-state index contributed by atoms with van der Waals surface area (Å²) in [6.07, 6.45) is 2.03. The fourth-order valence-electron chi connectivity index (χ4n) is 3.16. The van der Waals surface area contributed by atoms with Crippen molar-refractivity contribution < 1.29 is 34.3 Å². The highest BCUT2D eigenvalue weighted by Gasteiger charge is 2.09. The summed E-state index contributed by atoms with van der Waals surface area (Å²) < 4.78 is 5.11. The van der Waals surface area contributed by atoms with Crippen LogP contribution < -0.4 is 34.9 Å². The SMILES string of the molecule is COc1ccc(C(=O)NCCCN(C)CCCN(C)Cc2ccccc2)cc1Cl.[Cl-].[Cl-]. The van der Waals surface area contributed by atoms with Gasteiger partial charge in [0, 0.05) is 18.7 Å². The minimum atomic E-state index is -0.111. The molecule has 0 saturated heterocycles. The molecule has 8 heteroatoms. The van der Waals surface area contributed by atoms with Crippen LogP contribution in [0.4, 0.5) is 0 Å². The lowest BCUT2D eigenvalue weighted by atomic mass is 10.2. The number of rotatable bonds is 12. The van der Waals surface area contributed by atoms with Crippen molar-refractivity contribution in [1.82, 2.24) is 15.1 Å². The molecule has 1 N–H and O–H groups in total. The zero-order valence-corrected chi connectivity index (χ0v) is 20.7. The Balaban J connectivity index is 0.00000450. The first-order valence-electron chi connectivity index (χ1n) is 10.0. The Morgan fingerprint density at radius 1 is 0.968 bits per heavy atom. The lowest BCUT2D eigenvalue weighted by Crippen LogP contribution is -3.00. The highest BCUT2D eigenvalue weighted by Crippen LogP contribution is 2.24. The number of hydrogen-bond acceptors (Lipinski definition) is 4. The van der Waals surface area contributed by atoms with Gasteiger partial charge in [0.15, 0.2) is 0 Å². The van der Waals surface area contributed by atoms with E-state index in [0.717, 1.165) is 39.0 Å². The zero-order valence-electron chi connectivity index (χ0n) is 18.4. The van der Waals surface area contributed by atoms with Crippen LogP contribution in [-0.4, -0.2) is 63.1 Å². The molecule has 0 aliphatic heterocycles. The van der Waals surface area contributed by atoms with Gasteiger partial charge in [0.1, 0.15) is 5.75 Å². The number of benzene rings is 2. The largest absolute Gasteiger partial charge is 1.00 e. The maximum Gasteiger partial charge on any atom is 0.251 e. The molecule has 0 aromatic heterocycles. The normalized spacial score (nSPS) is 10.4. The predicted octanol–water partition coefficient (Wildman–Crippen LogP) is -2.07. The van der Waals surface area contributed by atoms with Crippen molar-refractivity contribution in [3.05, 3.63) is 64.7 Å². The molecular weight excluding hydrogens is 457 g/mol. The molecule has 2 aromatic carbocycles. The Morgan fingerprint density at radius 2 is 1.61 bits per heavy atom. The van der Waals surface area contributed by atoms with E-state index in [-0.39, 0.29) is 30.7 Å². The highest BCUT2D eigenvalue weighted by molar-refractivity contribution is 6.32. The van der Waals surface area contributed by atoms with Gasteiger partial charge in [-0.15, -0.1) is 0 Å². The van der Waals surface area contributed by atoms with Gasteiger partial charge in [-0.25, -0.2) is 0 Å². The van der Waals surface area contributed by atoms with Crippen LogP contribution in [0.25, 0.3) is 0 Å². The van der Waals surface area contributed by atoms with E-state index in [1.54, 1.807) is 25.3 Å². The fraction of sp³-hybridized carbons (Fsp3) is 0.435. The third-order valence-electron chi connectivity index (χ3n) is 4.79. The van der Waals surface area contributed by atoms with Gasteiger partial charge >= 0.3 is 0 Å². The number of nitrogens with zero attached hydrogens (tertiary/aromatic N) is 2. The first-order chi connectivity index (χ1) is 14.0. The minimum Gasteiger partial charge on any atom is -1.00 e. The van der Waals surface area contributed by atoms with E-state index in [9.17, 15) is 4.79 Å². The molecule has 0 saturated carbocycles. The number of halogens is 3. The van der Waals surface area contributed by atoms with Gasteiger partial charge < -0.3 is 44.7 Å². The zero-order chi connectivity index (χ0) is 21.1. The van der Waals surface area contributed by atoms with Crippen molar-refractivity contribution in [3.8, 4) is 5.75 Å². The molecule has 2 rings (SSSR count).